The van der Waals surface area contributed by atoms with Gasteiger partial charge in [0.05, 0.1) is 7.11 Å². The molecule has 0 radical (unpaired) electrons. The SMILES string of the molecule is C=CCC[C@H](N)c1ccc(OC(C)=O)c(OC)c1. The van der Waals surface area contributed by atoms with Crippen LogP contribution in [0.4, 0.5) is 0 Å². The molecule has 0 aromatic heterocycles. The molecular formula is C14H19NO3. The van der Waals surface area contributed by atoms with E-state index in [1.165, 1.54) is 14.0 Å². The van der Waals surface area contributed by atoms with E-state index in [1.54, 1.807) is 12.1 Å². The first-order valence-corrected chi connectivity index (χ1v) is 5.81. The molecule has 0 spiro atoms. The van der Waals surface area contributed by atoms with Gasteiger partial charge in [-0.15, -0.1) is 6.58 Å². The standard InChI is InChI=1S/C14H19NO3/c1-4-5-6-12(15)11-7-8-13(18-10(2)16)14(9-11)17-3/h4,7-9,12H,1,5-6,15H2,2-3H3/t12-/m0/s1. The maximum atomic E-state index is 10.9. The Balaban J connectivity index is 2.90. The lowest BCUT2D eigenvalue weighted by atomic mass is 10.0. The van der Waals surface area contributed by atoms with Gasteiger partial charge in [0.25, 0.3) is 0 Å². The van der Waals surface area contributed by atoms with Crippen LogP contribution in [-0.2, 0) is 4.79 Å². The molecule has 0 saturated carbocycles. The molecule has 0 aliphatic rings. The van der Waals surface area contributed by atoms with Crippen LogP contribution >= 0.6 is 0 Å². The molecule has 1 atom stereocenters. The first kappa shape index (κ1) is 14.3. The Kier molecular flexibility index (Phi) is 5.39. The molecule has 98 valence electrons. The van der Waals surface area contributed by atoms with Gasteiger partial charge in [-0.1, -0.05) is 12.1 Å². The maximum Gasteiger partial charge on any atom is 0.308 e. The molecule has 1 aromatic carbocycles. The molecule has 1 aromatic rings. The van der Waals surface area contributed by atoms with Crippen molar-refractivity contribution in [1.29, 1.82) is 0 Å². The topological polar surface area (TPSA) is 61.5 Å². The van der Waals surface area contributed by atoms with Gasteiger partial charge in [0.15, 0.2) is 11.5 Å². The Morgan fingerprint density at radius 1 is 1.50 bits per heavy atom. The van der Waals surface area contributed by atoms with Crippen LogP contribution in [0.3, 0.4) is 0 Å². The molecule has 0 fully saturated rings. The number of allylic oxidation sites excluding steroid dienone is 1. The summed E-state index contributed by atoms with van der Waals surface area (Å²) >= 11 is 0. The van der Waals surface area contributed by atoms with Crippen molar-refractivity contribution in [2.24, 2.45) is 5.73 Å². The van der Waals surface area contributed by atoms with Gasteiger partial charge in [-0.05, 0) is 30.5 Å². The number of methoxy groups -OCH3 is 1. The third-order valence-corrected chi connectivity index (χ3v) is 2.55. The lowest BCUT2D eigenvalue weighted by Gasteiger charge is -2.14. The zero-order valence-electron chi connectivity index (χ0n) is 10.8. The minimum absolute atomic E-state index is 0.0803. The van der Waals surface area contributed by atoms with Crippen molar-refractivity contribution in [2.75, 3.05) is 7.11 Å². The van der Waals surface area contributed by atoms with E-state index in [9.17, 15) is 4.79 Å². The van der Waals surface area contributed by atoms with Crippen molar-refractivity contribution >= 4 is 5.97 Å². The zero-order valence-corrected chi connectivity index (χ0v) is 10.8. The number of ether oxygens (including phenoxy) is 2. The highest BCUT2D eigenvalue weighted by molar-refractivity contribution is 5.70. The number of carbonyl (C=O) groups excluding carboxylic acids is 1. The highest BCUT2D eigenvalue weighted by Gasteiger charge is 2.11. The number of rotatable bonds is 6. The summed E-state index contributed by atoms with van der Waals surface area (Å²) in [7, 11) is 1.53. The largest absolute Gasteiger partial charge is 0.493 e. The van der Waals surface area contributed by atoms with Gasteiger partial charge in [-0.2, -0.15) is 0 Å². The van der Waals surface area contributed by atoms with Crippen LogP contribution in [0.1, 0.15) is 31.4 Å². The first-order chi connectivity index (χ1) is 8.58. The second kappa shape index (κ2) is 6.81. The molecule has 0 aliphatic carbocycles. The summed E-state index contributed by atoms with van der Waals surface area (Å²) in [4.78, 5) is 10.9. The van der Waals surface area contributed by atoms with Crippen molar-refractivity contribution in [3.05, 3.63) is 36.4 Å². The average molecular weight is 249 g/mol. The Hall–Kier alpha value is -1.81. The maximum absolute atomic E-state index is 10.9. The highest BCUT2D eigenvalue weighted by Crippen LogP contribution is 2.30. The van der Waals surface area contributed by atoms with Gasteiger partial charge < -0.3 is 15.2 Å². The summed E-state index contributed by atoms with van der Waals surface area (Å²) in [6.45, 7) is 5.02. The lowest BCUT2D eigenvalue weighted by molar-refractivity contribution is -0.132. The summed E-state index contributed by atoms with van der Waals surface area (Å²) in [5.41, 5.74) is 6.99. The van der Waals surface area contributed by atoms with Gasteiger partial charge in [-0.3, -0.25) is 4.79 Å². The molecule has 2 N–H and O–H groups in total. The predicted molar refractivity (Wildman–Crippen MR) is 70.7 cm³/mol. The number of hydrogen-bond acceptors (Lipinski definition) is 4. The third kappa shape index (κ3) is 3.89. The molecule has 0 aliphatic heterocycles. The Morgan fingerprint density at radius 3 is 2.78 bits per heavy atom. The van der Waals surface area contributed by atoms with Crippen LogP contribution in [0, 0.1) is 0 Å². The molecule has 0 heterocycles. The molecule has 18 heavy (non-hydrogen) atoms. The summed E-state index contributed by atoms with van der Waals surface area (Å²) in [5.74, 6) is 0.540. The molecule has 1 rings (SSSR count). The van der Waals surface area contributed by atoms with E-state index in [4.69, 9.17) is 15.2 Å². The van der Waals surface area contributed by atoms with E-state index in [0.29, 0.717) is 11.5 Å². The summed E-state index contributed by atoms with van der Waals surface area (Å²) in [6, 6.07) is 5.26. The van der Waals surface area contributed by atoms with E-state index < -0.39 is 0 Å². The van der Waals surface area contributed by atoms with Crippen LogP contribution in [0.15, 0.2) is 30.9 Å². The molecule has 4 heteroatoms. The fraction of sp³-hybridized carbons (Fsp3) is 0.357. The molecule has 0 saturated heterocycles. The highest BCUT2D eigenvalue weighted by atomic mass is 16.6. The van der Waals surface area contributed by atoms with E-state index in [2.05, 4.69) is 6.58 Å². The van der Waals surface area contributed by atoms with Gasteiger partial charge in [0.2, 0.25) is 0 Å². The zero-order chi connectivity index (χ0) is 13.5. The molecular weight excluding hydrogens is 230 g/mol. The molecule has 0 bridgehead atoms. The molecule has 0 amide bonds. The summed E-state index contributed by atoms with van der Waals surface area (Å²) in [5, 5.41) is 0. The number of carbonyl (C=O) groups is 1. The number of esters is 1. The van der Waals surface area contributed by atoms with E-state index in [1.807, 2.05) is 12.1 Å². The van der Waals surface area contributed by atoms with Gasteiger partial charge in [0.1, 0.15) is 0 Å². The third-order valence-electron chi connectivity index (χ3n) is 2.55. The number of nitrogens with two attached hydrogens (primary N) is 1. The molecule has 4 nitrogen and oxygen atoms in total. The van der Waals surface area contributed by atoms with Crippen LogP contribution in [0.5, 0.6) is 11.5 Å². The lowest BCUT2D eigenvalue weighted by Crippen LogP contribution is -2.10. The van der Waals surface area contributed by atoms with Crippen LogP contribution in [0.2, 0.25) is 0 Å². The Bertz CT molecular complexity index is 429. The van der Waals surface area contributed by atoms with Gasteiger partial charge in [0, 0.05) is 13.0 Å². The van der Waals surface area contributed by atoms with E-state index in [0.717, 1.165) is 18.4 Å². The Labute approximate surface area is 107 Å². The van der Waals surface area contributed by atoms with Crippen LogP contribution in [-0.4, -0.2) is 13.1 Å². The van der Waals surface area contributed by atoms with E-state index in [-0.39, 0.29) is 12.0 Å². The van der Waals surface area contributed by atoms with Gasteiger partial charge >= 0.3 is 5.97 Å². The van der Waals surface area contributed by atoms with Crippen molar-refractivity contribution in [3.8, 4) is 11.5 Å². The normalized spacial score (nSPS) is 11.7. The van der Waals surface area contributed by atoms with Crippen LogP contribution < -0.4 is 15.2 Å². The minimum Gasteiger partial charge on any atom is -0.493 e. The number of hydrogen-bond donors (Lipinski definition) is 1. The average Bonchev–Trinajstić information content (AvgIpc) is 2.35. The Morgan fingerprint density at radius 2 is 2.22 bits per heavy atom. The monoisotopic (exact) mass is 249 g/mol. The van der Waals surface area contributed by atoms with Crippen LogP contribution in [0.25, 0.3) is 0 Å². The smallest absolute Gasteiger partial charge is 0.308 e. The fourth-order valence-corrected chi connectivity index (χ4v) is 1.62. The first-order valence-electron chi connectivity index (χ1n) is 5.81. The number of benzene rings is 1. The quantitative estimate of drug-likeness (QED) is 0.478. The molecule has 0 unspecified atom stereocenters. The second-order valence-electron chi connectivity index (χ2n) is 3.98. The predicted octanol–water partition coefficient (Wildman–Crippen LogP) is 2.59. The minimum atomic E-state index is -0.378. The van der Waals surface area contributed by atoms with Crippen molar-refractivity contribution < 1.29 is 14.3 Å². The van der Waals surface area contributed by atoms with E-state index >= 15 is 0 Å². The fourth-order valence-electron chi connectivity index (χ4n) is 1.62. The van der Waals surface area contributed by atoms with Crippen molar-refractivity contribution in [3.63, 3.8) is 0 Å². The van der Waals surface area contributed by atoms with Crippen molar-refractivity contribution in [1.82, 2.24) is 0 Å². The van der Waals surface area contributed by atoms with Gasteiger partial charge in [-0.25, -0.2) is 0 Å². The second-order valence-corrected chi connectivity index (χ2v) is 3.98. The summed E-state index contributed by atoms with van der Waals surface area (Å²) < 4.78 is 10.2. The summed E-state index contributed by atoms with van der Waals surface area (Å²) in [6.07, 6.45) is 3.51. The van der Waals surface area contributed by atoms with Crippen molar-refractivity contribution in [2.45, 2.75) is 25.8 Å².